The second-order valence-corrected chi connectivity index (χ2v) is 3.80. The molecule has 0 N–H and O–H groups in total. The van der Waals surface area contributed by atoms with Gasteiger partial charge in [0.1, 0.15) is 5.75 Å². The Kier molecular flexibility index (Phi) is 2.87. The maximum atomic E-state index is 5.84. The molecule has 1 fully saturated rings. The van der Waals surface area contributed by atoms with E-state index in [9.17, 15) is 0 Å². The Morgan fingerprint density at radius 1 is 1.14 bits per heavy atom. The van der Waals surface area contributed by atoms with Gasteiger partial charge in [0.25, 0.3) is 0 Å². The Morgan fingerprint density at radius 3 is 2.36 bits per heavy atom. The van der Waals surface area contributed by atoms with Crippen molar-refractivity contribution in [1.29, 1.82) is 0 Å². The monoisotopic (exact) mass is 188 g/mol. The summed E-state index contributed by atoms with van der Waals surface area (Å²) < 4.78 is 5.84. The van der Waals surface area contributed by atoms with Crippen molar-refractivity contribution in [3.8, 4) is 5.75 Å². The second-order valence-electron chi connectivity index (χ2n) is 3.80. The van der Waals surface area contributed by atoms with Crippen molar-refractivity contribution in [2.24, 2.45) is 0 Å². The molecule has 2 rings (SSSR count). The predicted octanol–water partition coefficient (Wildman–Crippen LogP) is 3.65. The molecule has 0 aliphatic heterocycles. The lowest BCUT2D eigenvalue weighted by atomic mass is 10.2. The molecule has 1 aliphatic carbocycles. The molecule has 0 atom stereocenters. The van der Waals surface area contributed by atoms with Gasteiger partial charge >= 0.3 is 0 Å². The smallest absolute Gasteiger partial charge is 0.119 e. The van der Waals surface area contributed by atoms with Crippen molar-refractivity contribution in [2.75, 3.05) is 0 Å². The number of benzene rings is 1. The topological polar surface area (TPSA) is 9.23 Å². The second kappa shape index (κ2) is 4.32. The number of hydrogen-bond donors (Lipinski definition) is 0. The van der Waals surface area contributed by atoms with Crippen LogP contribution in [0.4, 0.5) is 0 Å². The molecule has 14 heavy (non-hydrogen) atoms. The van der Waals surface area contributed by atoms with Crippen molar-refractivity contribution in [3.05, 3.63) is 36.4 Å². The van der Waals surface area contributed by atoms with E-state index in [1.807, 2.05) is 30.3 Å². The van der Waals surface area contributed by atoms with Crippen molar-refractivity contribution < 1.29 is 4.74 Å². The van der Waals surface area contributed by atoms with Crippen LogP contribution in [-0.4, -0.2) is 6.10 Å². The summed E-state index contributed by atoms with van der Waals surface area (Å²) in [6, 6.07) is 8.12. The zero-order chi connectivity index (χ0) is 9.80. The molecule has 0 bridgehead atoms. The lowest BCUT2D eigenvalue weighted by Gasteiger charge is -2.12. The van der Waals surface area contributed by atoms with Gasteiger partial charge < -0.3 is 4.74 Å². The minimum absolute atomic E-state index is 0.449. The van der Waals surface area contributed by atoms with Crippen LogP contribution in [0.2, 0.25) is 0 Å². The van der Waals surface area contributed by atoms with Crippen LogP contribution in [0.3, 0.4) is 0 Å². The quantitative estimate of drug-likeness (QED) is 0.703. The van der Waals surface area contributed by atoms with Gasteiger partial charge in [0.05, 0.1) is 6.10 Å². The van der Waals surface area contributed by atoms with Crippen LogP contribution in [0, 0.1) is 0 Å². The van der Waals surface area contributed by atoms with E-state index in [-0.39, 0.29) is 0 Å². The average molecular weight is 188 g/mol. The van der Waals surface area contributed by atoms with Crippen LogP contribution >= 0.6 is 0 Å². The highest BCUT2D eigenvalue weighted by Crippen LogP contribution is 2.24. The SMILES string of the molecule is C=Cc1ccc(OC2CCCC2)cc1. The largest absolute Gasteiger partial charge is 0.490 e. The highest BCUT2D eigenvalue weighted by atomic mass is 16.5. The summed E-state index contributed by atoms with van der Waals surface area (Å²) in [6.07, 6.45) is 7.35. The molecular formula is C13H16O. The Morgan fingerprint density at radius 2 is 1.79 bits per heavy atom. The molecule has 74 valence electrons. The normalized spacial score (nSPS) is 16.9. The molecule has 0 spiro atoms. The standard InChI is InChI=1S/C13H16O/c1-2-11-7-9-13(10-8-11)14-12-5-3-4-6-12/h2,7-10,12H,1,3-6H2. The maximum Gasteiger partial charge on any atom is 0.119 e. The van der Waals surface area contributed by atoms with E-state index >= 15 is 0 Å². The fraction of sp³-hybridized carbons (Fsp3) is 0.385. The number of ether oxygens (including phenoxy) is 1. The maximum absolute atomic E-state index is 5.84. The molecule has 1 heteroatoms. The van der Waals surface area contributed by atoms with Gasteiger partial charge in [-0.25, -0.2) is 0 Å². The molecule has 0 heterocycles. The molecule has 0 saturated heterocycles. The summed E-state index contributed by atoms with van der Waals surface area (Å²) in [5, 5.41) is 0. The third-order valence-corrected chi connectivity index (χ3v) is 2.72. The summed E-state index contributed by atoms with van der Waals surface area (Å²) in [4.78, 5) is 0. The summed E-state index contributed by atoms with van der Waals surface area (Å²) in [5.41, 5.74) is 1.14. The first-order valence-corrected chi connectivity index (χ1v) is 5.27. The Bertz CT molecular complexity index is 294. The summed E-state index contributed by atoms with van der Waals surface area (Å²) in [7, 11) is 0. The predicted molar refractivity (Wildman–Crippen MR) is 59.4 cm³/mol. The molecule has 1 aromatic carbocycles. The van der Waals surface area contributed by atoms with Gasteiger partial charge in [-0.15, -0.1) is 0 Å². The van der Waals surface area contributed by atoms with Gasteiger partial charge in [-0.3, -0.25) is 0 Å². The van der Waals surface area contributed by atoms with Crippen molar-refractivity contribution >= 4 is 6.08 Å². The molecular weight excluding hydrogens is 172 g/mol. The van der Waals surface area contributed by atoms with Crippen LogP contribution in [0.1, 0.15) is 31.2 Å². The van der Waals surface area contributed by atoms with Gasteiger partial charge in [0, 0.05) is 0 Å². The van der Waals surface area contributed by atoms with E-state index in [4.69, 9.17) is 4.74 Å². The summed E-state index contributed by atoms with van der Waals surface area (Å²) >= 11 is 0. The van der Waals surface area contributed by atoms with Crippen molar-refractivity contribution in [1.82, 2.24) is 0 Å². The van der Waals surface area contributed by atoms with Crippen molar-refractivity contribution in [2.45, 2.75) is 31.8 Å². The van der Waals surface area contributed by atoms with Crippen LogP contribution in [0.5, 0.6) is 5.75 Å². The fourth-order valence-corrected chi connectivity index (χ4v) is 1.88. The molecule has 0 unspecified atom stereocenters. The molecule has 1 nitrogen and oxygen atoms in total. The van der Waals surface area contributed by atoms with E-state index in [0.717, 1.165) is 11.3 Å². The van der Waals surface area contributed by atoms with Gasteiger partial charge in [0.2, 0.25) is 0 Å². The van der Waals surface area contributed by atoms with E-state index < -0.39 is 0 Å². The van der Waals surface area contributed by atoms with Gasteiger partial charge in [0.15, 0.2) is 0 Å². The number of rotatable bonds is 3. The molecule has 1 aliphatic rings. The first kappa shape index (κ1) is 9.32. The zero-order valence-corrected chi connectivity index (χ0v) is 8.41. The Balaban J connectivity index is 1.98. The van der Waals surface area contributed by atoms with E-state index in [1.54, 1.807) is 0 Å². The van der Waals surface area contributed by atoms with Gasteiger partial charge in [-0.2, -0.15) is 0 Å². The van der Waals surface area contributed by atoms with Gasteiger partial charge in [-0.05, 0) is 43.4 Å². The lowest BCUT2D eigenvalue weighted by molar-refractivity contribution is 0.210. The zero-order valence-electron chi connectivity index (χ0n) is 8.41. The number of hydrogen-bond acceptors (Lipinski definition) is 1. The Labute approximate surface area is 85.4 Å². The first-order chi connectivity index (χ1) is 6.88. The molecule has 1 saturated carbocycles. The van der Waals surface area contributed by atoms with Crippen LogP contribution in [0.15, 0.2) is 30.8 Å². The van der Waals surface area contributed by atoms with Crippen molar-refractivity contribution in [3.63, 3.8) is 0 Å². The lowest BCUT2D eigenvalue weighted by Crippen LogP contribution is -2.10. The van der Waals surface area contributed by atoms with Crippen LogP contribution in [0.25, 0.3) is 6.08 Å². The third-order valence-electron chi connectivity index (χ3n) is 2.72. The Hall–Kier alpha value is -1.24. The molecule has 0 aromatic heterocycles. The molecule has 0 amide bonds. The summed E-state index contributed by atoms with van der Waals surface area (Å²) in [6.45, 7) is 3.72. The van der Waals surface area contributed by atoms with Crippen LogP contribution < -0.4 is 4.74 Å². The minimum atomic E-state index is 0.449. The van der Waals surface area contributed by atoms with E-state index in [1.165, 1.54) is 25.7 Å². The highest BCUT2D eigenvalue weighted by molar-refractivity contribution is 5.48. The fourth-order valence-electron chi connectivity index (χ4n) is 1.88. The average Bonchev–Trinajstić information content (AvgIpc) is 2.72. The molecule has 0 radical (unpaired) electrons. The van der Waals surface area contributed by atoms with E-state index in [0.29, 0.717) is 6.10 Å². The highest BCUT2D eigenvalue weighted by Gasteiger charge is 2.15. The van der Waals surface area contributed by atoms with Gasteiger partial charge in [-0.1, -0.05) is 24.8 Å². The molecule has 1 aromatic rings. The minimum Gasteiger partial charge on any atom is -0.490 e. The van der Waals surface area contributed by atoms with Crippen LogP contribution in [-0.2, 0) is 0 Å². The first-order valence-electron chi connectivity index (χ1n) is 5.27. The summed E-state index contributed by atoms with van der Waals surface area (Å²) in [5.74, 6) is 0.988. The third kappa shape index (κ3) is 2.16. The van der Waals surface area contributed by atoms with E-state index in [2.05, 4.69) is 6.58 Å².